The number of halogens is 2. The lowest BCUT2D eigenvalue weighted by molar-refractivity contribution is 0.0472. The van der Waals surface area contributed by atoms with Crippen LogP contribution < -0.4 is 0 Å². The zero-order chi connectivity index (χ0) is 20.3. The van der Waals surface area contributed by atoms with E-state index in [2.05, 4.69) is 4.98 Å². The molecule has 0 N–H and O–H groups in total. The topological polar surface area (TPSA) is 76.6 Å². The highest BCUT2D eigenvalue weighted by atomic mass is 35.5. The Morgan fingerprint density at radius 2 is 2.07 bits per heavy atom. The van der Waals surface area contributed by atoms with Gasteiger partial charge in [-0.05, 0) is 43.0 Å². The monoisotopic (exact) mass is 442 g/mol. The van der Waals surface area contributed by atoms with E-state index in [0.29, 0.717) is 23.8 Å². The number of esters is 1. The first-order valence-electron chi connectivity index (χ1n) is 8.84. The van der Waals surface area contributed by atoms with Gasteiger partial charge in [0.2, 0.25) is 10.0 Å². The van der Waals surface area contributed by atoms with Crippen molar-refractivity contribution in [3.63, 3.8) is 0 Å². The van der Waals surface area contributed by atoms with Gasteiger partial charge in [-0.2, -0.15) is 4.31 Å². The minimum Gasteiger partial charge on any atom is -0.457 e. The summed E-state index contributed by atoms with van der Waals surface area (Å²) in [6.45, 7) is 2.90. The Morgan fingerprint density at radius 3 is 2.75 bits per heavy atom. The molecule has 1 aliphatic heterocycles. The van der Waals surface area contributed by atoms with Crippen molar-refractivity contribution in [1.82, 2.24) is 9.29 Å². The lowest BCUT2D eigenvalue weighted by Gasteiger charge is -2.30. The molecule has 150 valence electrons. The summed E-state index contributed by atoms with van der Waals surface area (Å²) in [7, 11) is -3.78. The van der Waals surface area contributed by atoms with Crippen molar-refractivity contribution in [2.24, 2.45) is 5.92 Å². The zero-order valence-electron chi connectivity index (χ0n) is 15.3. The summed E-state index contributed by atoms with van der Waals surface area (Å²) in [5.41, 5.74) is 0.789. The molecule has 2 heterocycles. The van der Waals surface area contributed by atoms with Gasteiger partial charge in [-0.3, -0.25) is 0 Å². The number of carbonyl (C=O) groups is 1. The Balaban J connectivity index is 1.78. The predicted octanol–water partition coefficient (Wildman–Crippen LogP) is 4.17. The molecule has 0 saturated carbocycles. The second kappa shape index (κ2) is 8.78. The van der Waals surface area contributed by atoms with Crippen LogP contribution in [0.2, 0.25) is 10.2 Å². The van der Waals surface area contributed by atoms with Crippen molar-refractivity contribution >= 4 is 39.2 Å². The molecule has 0 radical (unpaired) electrons. The van der Waals surface area contributed by atoms with E-state index in [1.807, 2.05) is 6.92 Å². The van der Waals surface area contributed by atoms with Gasteiger partial charge in [0.05, 0.1) is 10.6 Å². The average Bonchev–Trinajstić information content (AvgIpc) is 2.67. The number of aromatic nitrogens is 1. The van der Waals surface area contributed by atoms with Crippen molar-refractivity contribution in [1.29, 1.82) is 0 Å². The second-order valence-electron chi connectivity index (χ2n) is 6.82. The van der Waals surface area contributed by atoms with Crippen LogP contribution in [0.25, 0.3) is 0 Å². The Hall–Kier alpha value is -1.67. The van der Waals surface area contributed by atoms with Gasteiger partial charge in [0.1, 0.15) is 16.7 Å². The van der Waals surface area contributed by atoms with Crippen LogP contribution in [0.15, 0.2) is 41.4 Å². The first-order chi connectivity index (χ1) is 13.3. The molecule has 0 amide bonds. The van der Waals surface area contributed by atoms with E-state index in [-0.39, 0.29) is 28.0 Å². The van der Waals surface area contributed by atoms with Crippen molar-refractivity contribution in [3.05, 3.63) is 57.8 Å². The molecule has 0 bridgehead atoms. The number of hydrogen-bond acceptors (Lipinski definition) is 5. The number of carbonyl (C=O) groups excluding carboxylic acids is 1. The highest BCUT2D eigenvalue weighted by Crippen LogP contribution is 2.29. The highest BCUT2D eigenvalue weighted by Gasteiger charge is 2.31. The van der Waals surface area contributed by atoms with Gasteiger partial charge in [-0.1, -0.05) is 36.2 Å². The van der Waals surface area contributed by atoms with Crippen LogP contribution in [0, 0.1) is 5.92 Å². The molecule has 1 fully saturated rings. The molecule has 3 rings (SSSR count). The summed E-state index contributed by atoms with van der Waals surface area (Å²) in [6, 6.07) is 7.42. The van der Waals surface area contributed by atoms with Gasteiger partial charge in [0.15, 0.2) is 0 Å². The van der Waals surface area contributed by atoms with Crippen LogP contribution in [0.1, 0.15) is 35.7 Å². The maximum atomic E-state index is 13.0. The Bertz CT molecular complexity index is 964. The fraction of sp³-hybridized carbons (Fsp3) is 0.368. The average molecular weight is 443 g/mol. The predicted molar refractivity (Wildman–Crippen MR) is 107 cm³/mol. The summed E-state index contributed by atoms with van der Waals surface area (Å²) in [4.78, 5) is 16.2. The Morgan fingerprint density at radius 1 is 1.29 bits per heavy atom. The van der Waals surface area contributed by atoms with Crippen LogP contribution >= 0.6 is 23.2 Å². The van der Waals surface area contributed by atoms with Gasteiger partial charge >= 0.3 is 5.97 Å². The second-order valence-corrected chi connectivity index (χ2v) is 9.52. The van der Waals surface area contributed by atoms with E-state index in [1.54, 1.807) is 12.1 Å². The van der Waals surface area contributed by atoms with Gasteiger partial charge < -0.3 is 4.74 Å². The van der Waals surface area contributed by atoms with E-state index in [0.717, 1.165) is 12.8 Å². The van der Waals surface area contributed by atoms with Crippen molar-refractivity contribution in [2.45, 2.75) is 31.3 Å². The molecular weight excluding hydrogens is 423 g/mol. The molecule has 9 heteroatoms. The molecule has 28 heavy (non-hydrogen) atoms. The molecule has 1 atom stereocenters. The first kappa shape index (κ1) is 21.0. The van der Waals surface area contributed by atoms with E-state index in [9.17, 15) is 13.2 Å². The largest absolute Gasteiger partial charge is 0.457 e. The van der Waals surface area contributed by atoms with Gasteiger partial charge in [0, 0.05) is 24.8 Å². The lowest BCUT2D eigenvalue weighted by atomic mass is 10.0. The van der Waals surface area contributed by atoms with Gasteiger partial charge in [-0.25, -0.2) is 18.2 Å². The quantitative estimate of drug-likeness (QED) is 0.512. The normalized spacial score (nSPS) is 18.0. The van der Waals surface area contributed by atoms with E-state index >= 15 is 0 Å². The standard InChI is InChI=1S/C19H20Cl2N2O4S/c1-13-3-2-8-23(11-13)28(25,26)17-9-15(5-6-16(17)20)19(24)27-12-14-4-7-18(21)22-10-14/h4-7,9-10,13H,2-3,8,11-12H2,1H3. The summed E-state index contributed by atoms with van der Waals surface area (Å²) in [5.74, 6) is -0.362. The minimum atomic E-state index is -3.78. The van der Waals surface area contributed by atoms with E-state index in [1.165, 1.54) is 28.7 Å². The lowest BCUT2D eigenvalue weighted by Crippen LogP contribution is -2.39. The molecule has 1 aliphatic rings. The van der Waals surface area contributed by atoms with Crippen LogP contribution in [0.4, 0.5) is 0 Å². The highest BCUT2D eigenvalue weighted by molar-refractivity contribution is 7.89. The van der Waals surface area contributed by atoms with E-state index in [4.69, 9.17) is 27.9 Å². The fourth-order valence-electron chi connectivity index (χ4n) is 3.06. The molecule has 2 aromatic rings. The summed E-state index contributed by atoms with van der Waals surface area (Å²) in [5, 5.41) is 0.423. The number of hydrogen-bond donors (Lipinski definition) is 0. The minimum absolute atomic E-state index is 0.00263. The Kier molecular flexibility index (Phi) is 6.60. The fourth-order valence-corrected chi connectivity index (χ4v) is 5.27. The van der Waals surface area contributed by atoms with Crippen LogP contribution in [0.3, 0.4) is 0 Å². The summed E-state index contributed by atoms with van der Waals surface area (Å²) < 4.78 is 32.7. The number of ether oxygens (including phenoxy) is 1. The van der Waals surface area contributed by atoms with Crippen molar-refractivity contribution in [2.75, 3.05) is 13.1 Å². The van der Waals surface area contributed by atoms with Gasteiger partial charge in [-0.15, -0.1) is 0 Å². The maximum absolute atomic E-state index is 13.0. The van der Waals surface area contributed by atoms with Gasteiger partial charge in [0.25, 0.3) is 0 Å². The molecule has 1 unspecified atom stereocenters. The van der Waals surface area contributed by atoms with E-state index < -0.39 is 16.0 Å². The Labute approximate surface area is 174 Å². The van der Waals surface area contributed by atoms with Crippen molar-refractivity contribution in [3.8, 4) is 0 Å². The zero-order valence-corrected chi connectivity index (χ0v) is 17.6. The molecule has 0 spiro atoms. The molecule has 1 aromatic heterocycles. The first-order valence-corrected chi connectivity index (χ1v) is 11.0. The smallest absolute Gasteiger partial charge is 0.338 e. The molecule has 6 nitrogen and oxygen atoms in total. The van der Waals surface area contributed by atoms with Crippen LogP contribution in [-0.2, 0) is 21.4 Å². The number of piperidine rings is 1. The molecule has 0 aliphatic carbocycles. The van der Waals surface area contributed by atoms with Crippen molar-refractivity contribution < 1.29 is 17.9 Å². The maximum Gasteiger partial charge on any atom is 0.338 e. The third-order valence-electron chi connectivity index (χ3n) is 4.56. The van der Waals surface area contributed by atoms with Crippen LogP contribution in [0.5, 0.6) is 0 Å². The summed E-state index contributed by atoms with van der Waals surface area (Å²) >= 11 is 11.9. The summed E-state index contributed by atoms with van der Waals surface area (Å²) in [6.07, 6.45) is 3.30. The SMILES string of the molecule is CC1CCCN(S(=O)(=O)c2cc(C(=O)OCc3ccc(Cl)nc3)ccc2Cl)C1. The number of rotatable bonds is 5. The van der Waals surface area contributed by atoms with Crippen LogP contribution in [-0.4, -0.2) is 36.8 Å². The number of sulfonamides is 1. The third kappa shape index (κ3) is 4.84. The number of pyridine rings is 1. The molecule has 1 saturated heterocycles. The third-order valence-corrected chi connectivity index (χ3v) is 7.13. The molecule has 1 aromatic carbocycles. The molecular formula is C19H20Cl2N2O4S. The number of nitrogens with zero attached hydrogens (tertiary/aromatic N) is 2. The number of benzene rings is 1.